The van der Waals surface area contributed by atoms with Gasteiger partial charge in [0.05, 0.1) is 0 Å². The van der Waals surface area contributed by atoms with Crippen LogP contribution in [-0.2, 0) is 25.6 Å². The van der Waals surface area contributed by atoms with Crippen molar-refractivity contribution in [2.24, 2.45) is 11.8 Å². The van der Waals surface area contributed by atoms with Crippen LogP contribution in [0.15, 0.2) is 36.4 Å². The van der Waals surface area contributed by atoms with Crippen LogP contribution in [0.4, 0.5) is 5.69 Å². The molecule has 2 aliphatic rings. The highest BCUT2D eigenvalue weighted by atomic mass is 35.5. The maximum Gasteiger partial charge on any atom is 0.326 e. The number of imide groups is 1. The Hall–Kier alpha value is -2.58. The maximum absolute atomic E-state index is 12.8. The first kappa shape index (κ1) is 27.0. The van der Waals surface area contributed by atoms with Crippen LogP contribution in [0.3, 0.4) is 0 Å². The van der Waals surface area contributed by atoms with Crippen LogP contribution in [0.2, 0.25) is 0 Å². The lowest BCUT2D eigenvalue weighted by Crippen LogP contribution is -2.46. The Morgan fingerprint density at radius 2 is 1.57 bits per heavy atom. The van der Waals surface area contributed by atoms with E-state index in [1.807, 2.05) is 24.3 Å². The molecule has 3 rings (SSSR count). The van der Waals surface area contributed by atoms with Gasteiger partial charge in [-0.25, -0.2) is 4.79 Å². The molecular formula is C25H31Cl2N3O5. The lowest BCUT2D eigenvalue weighted by molar-refractivity contribution is -0.142. The van der Waals surface area contributed by atoms with E-state index in [9.17, 15) is 24.3 Å². The third-order valence-corrected chi connectivity index (χ3v) is 6.96. The van der Waals surface area contributed by atoms with E-state index in [0.29, 0.717) is 57.1 Å². The largest absolute Gasteiger partial charge is 0.480 e. The summed E-state index contributed by atoms with van der Waals surface area (Å²) < 4.78 is 0. The number of halogens is 2. The molecule has 0 saturated heterocycles. The molecule has 190 valence electrons. The molecule has 1 aromatic carbocycles. The van der Waals surface area contributed by atoms with Gasteiger partial charge in [0, 0.05) is 61.6 Å². The van der Waals surface area contributed by atoms with Crippen molar-refractivity contribution in [2.75, 3.05) is 36.3 Å². The minimum absolute atomic E-state index is 0.151. The summed E-state index contributed by atoms with van der Waals surface area (Å²) in [6.45, 7) is 1.68. The first-order valence-electron chi connectivity index (χ1n) is 11.8. The average molecular weight is 524 g/mol. The molecule has 1 aromatic rings. The highest BCUT2D eigenvalue weighted by Crippen LogP contribution is 2.30. The number of carbonyl (C=O) groups is 4. The van der Waals surface area contributed by atoms with Crippen LogP contribution in [-0.4, -0.2) is 71.1 Å². The van der Waals surface area contributed by atoms with Gasteiger partial charge in [-0.05, 0) is 49.3 Å². The second-order valence-electron chi connectivity index (χ2n) is 8.97. The summed E-state index contributed by atoms with van der Waals surface area (Å²) in [6.07, 6.45) is 5.32. The van der Waals surface area contributed by atoms with Crippen LogP contribution in [0, 0.1) is 11.8 Å². The Kier molecular flexibility index (Phi) is 9.98. The predicted octanol–water partition coefficient (Wildman–Crippen LogP) is 2.81. The number of rotatable bonds is 12. The number of hydrogen-bond acceptors (Lipinski definition) is 5. The normalized spacial score (nSPS) is 20.7. The quantitative estimate of drug-likeness (QED) is 0.322. The van der Waals surface area contributed by atoms with Gasteiger partial charge in [-0.3, -0.25) is 19.3 Å². The van der Waals surface area contributed by atoms with Crippen LogP contribution in [0.1, 0.15) is 31.2 Å². The summed E-state index contributed by atoms with van der Waals surface area (Å²) in [5, 5.41) is 12.4. The highest BCUT2D eigenvalue weighted by Gasteiger charge is 2.32. The van der Waals surface area contributed by atoms with Crippen molar-refractivity contribution in [1.82, 2.24) is 10.2 Å². The van der Waals surface area contributed by atoms with E-state index in [2.05, 4.69) is 10.2 Å². The molecule has 0 bridgehead atoms. The van der Waals surface area contributed by atoms with Crippen LogP contribution in [0.5, 0.6) is 0 Å². The lowest BCUT2D eigenvalue weighted by Gasteiger charge is -2.30. The number of anilines is 1. The zero-order chi connectivity index (χ0) is 25.4. The van der Waals surface area contributed by atoms with Gasteiger partial charge < -0.3 is 15.3 Å². The topological polar surface area (TPSA) is 107 Å². The molecule has 0 radical (unpaired) electrons. The number of nitrogens with zero attached hydrogens (tertiary/aromatic N) is 2. The third-order valence-electron chi connectivity index (χ3n) is 6.62. The van der Waals surface area contributed by atoms with Gasteiger partial charge in [0.15, 0.2) is 0 Å². The van der Waals surface area contributed by atoms with Crippen molar-refractivity contribution >= 4 is 52.6 Å². The first-order valence-corrected chi connectivity index (χ1v) is 12.9. The number of hydrogen-bond donors (Lipinski definition) is 2. The second kappa shape index (κ2) is 12.9. The van der Waals surface area contributed by atoms with Gasteiger partial charge >= 0.3 is 5.97 Å². The fourth-order valence-electron chi connectivity index (χ4n) is 4.62. The van der Waals surface area contributed by atoms with Crippen LogP contribution >= 0.6 is 23.2 Å². The predicted molar refractivity (Wildman–Crippen MR) is 135 cm³/mol. The van der Waals surface area contributed by atoms with Crippen molar-refractivity contribution in [3.63, 3.8) is 0 Å². The molecule has 2 N–H and O–H groups in total. The molecule has 1 aliphatic carbocycles. The number of carboxylic acids is 1. The van der Waals surface area contributed by atoms with Gasteiger partial charge in [0.25, 0.3) is 11.8 Å². The number of carboxylic acid groups (broad SMARTS) is 1. The molecule has 8 nitrogen and oxygen atoms in total. The number of nitrogens with one attached hydrogen (secondary N) is 1. The van der Waals surface area contributed by atoms with E-state index in [-0.39, 0.29) is 36.0 Å². The summed E-state index contributed by atoms with van der Waals surface area (Å²) in [7, 11) is 0. The lowest BCUT2D eigenvalue weighted by atomic mass is 9.81. The van der Waals surface area contributed by atoms with Gasteiger partial charge in [-0.15, -0.1) is 23.2 Å². The molecule has 1 fully saturated rings. The monoisotopic (exact) mass is 523 g/mol. The average Bonchev–Trinajstić information content (AvgIpc) is 3.16. The maximum atomic E-state index is 12.8. The molecule has 0 spiro atoms. The Bertz CT molecular complexity index is 921. The fraction of sp³-hybridized carbons (Fsp3) is 0.520. The van der Waals surface area contributed by atoms with Crippen molar-refractivity contribution in [2.45, 2.75) is 38.1 Å². The number of alkyl halides is 2. The second-order valence-corrected chi connectivity index (χ2v) is 9.73. The zero-order valence-corrected chi connectivity index (χ0v) is 21.0. The number of carbonyl (C=O) groups excluding carboxylic acids is 3. The Labute approximate surface area is 215 Å². The summed E-state index contributed by atoms with van der Waals surface area (Å²) in [5.41, 5.74) is 1.76. The molecule has 0 aromatic heterocycles. The molecule has 1 aliphatic heterocycles. The van der Waals surface area contributed by atoms with Gasteiger partial charge in [0.1, 0.15) is 6.04 Å². The molecule has 1 heterocycles. The summed E-state index contributed by atoms with van der Waals surface area (Å²) in [5.74, 6) is -1.12. The van der Waals surface area contributed by atoms with Crippen molar-refractivity contribution in [3.05, 3.63) is 42.0 Å². The van der Waals surface area contributed by atoms with Crippen molar-refractivity contribution in [3.8, 4) is 0 Å². The van der Waals surface area contributed by atoms with Crippen LogP contribution < -0.4 is 10.2 Å². The molecule has 1 atom stereocenters. The Morgan fingerprint density at radius 1 is 1.00 bits per heavy atom. The van der Waals surface area contributed by atoms with Crippen LogP contribution in [0.25, 0.3) is 0 Å². The van der Waals surface area contributed by atoms with Gasteiger partial charge in [-0.1, -0.05) is 12.1 Å². The van der Waals surface area contributed by atoms with E-state index < -0.39 is 12.0 Å². The molecule has 1 saturated carbocycles. The van der Waals surface area contributed by atoms with Crippen molar-refractivity contribution in [1.29, 1.82) is 0 Å². The first-order chi connectivity index (χ1) is 16.8. The third kappa shape index (κ3) is 7.45. The number of aliphatic carboxylic acids is 1. The van der Waals surface area contributed by atoms with Gasteiger partial charge in [0.2, 0.25) is 5.91 Å². The van der Waals surface area contributed by atoms with E-state index >= 15 is 0 Å². The molecule has 1 unspecified atom stereocenters. The van der Waals surface area contributed by atoms with Gasteiger partial charge in [-0.2, -0.15) is 0 Å². The molecule has 10 heteroatoms. The molecular weight excluding hydrogens is 493 g/mol. The van der Waals surface area contributed by atoms with E-state index in [4.69, 9.17) is 23.2 Å². The Balaban J connectivity index is 1.51. The minimum Gasteiger partial charge on any atom is -0.480 e. The Morgan fingerprint density at radius 3 is 2.09 bits per heavy atom. The number of amides is 3. The minimum atomic E-state index is -1.08. The summed E-state index contributed by atoms with van der Waals surface area (Å²) >= 11 is 11.7. The fourth-order valence-corrected chi connectivity index (χ4v) is 5.03. The van der Waals surface area contributed by atoms with E-state index in [1.54, 1.807) is 0 Å². The van der Waals surface area contributed by atoms with Crippen molar-refractivity contribution < 1.29 is 24.3 Å². The summed E-state index contributed by atoms with van der Waals surface area (Å²) in [4.78, 5) is 51.5. The number of benzene rings is 1. The standard InChI is InChI=1S/C25H31Cl2N3O5/c26-11-13-29(14-12-27)20-7-3-17(4-8-20)15-21(25(34)35)28-24(33)19-5-1-18(2-6-19)16-30-22(31)9-10-23(30)32/h3-4,7-10,18-19,21H,1-2,5-6,11-16H2,(H,28,33)(H,34,35). The smallest absolute Gasteiger partial charge is 0.326 e. The zero-order valence-electron chi connectivity index (χ0n) is 19.5. The van der Waals surface area contributed by atoms with E-state index in [0.717, 1.165) is 11.3 Å². The van der Waals surface area contributed by atoms with E-state index in [1.165, 1.54) is 17.1 Å². The molecule has 35 heavy (non-hydrogen) atoms. The summed E-state index contributed by atoms with van der Waals surface area (Å²) in [6, 6.07) is 6.49. The highest BCUT2D eigenvalue weighted by molar-refractivity contribution is 6.18. The molecule has 3 amide bonds. The SMILES string of the molecule is O=C(NC(Cc1ccc(N(CCCl)CCCl)cc1)C(=O)O)C1CCC(CN2C(=O)C=CC2=O)CC1.